The van der Waals surface area contributed by atoms with Gasteiger partial charge in [-0.05, 0) is 48.7 Å². The maximum absolute atomic E-state index is 11.8. The number of benzene rings is 2. The molecular formula is C27H28N4O3. The van der Waals surface area contributed by atoms with Crippen molar-refractivity contribution >= 4 is 12.2 Å². The first-order valence-electron chi connectivity index (χ1n) is 11.5. The van der Waals surface area contributed by atoms with Crippen molar-refractivity contribution in [1.29, 1.82) is 0 Å². The third kappa shape index (κ3) is 4.19. The van der Waals surface area contributed by atoms with Crippen molar-refractivity contribution in [3.63, 3.8) is 0 Å². The summed E-state index contributed by atoms with van der Waals surface area (Å²) in [7, 11) is 3.40. The number of methoxy groups -OCH3 is 1. The highest BCUT2D eigenvalue weighted by Gasteiger charge is 2.24. The Kier molecular flexibility index (Phi) is 6.11. The van der Waals surface area contributed by atoms with Gasteiger partial charge in [0.15, 0.2) is 5.82 Å². The molecule has 3 aromatic rings. The smallest absolute Gasteiger partial charge is 0.338 e. The first kappa shape index (κ1) is 22.2. The van der Waals surface area contributed by atoms with Crippen molar-refractivity contribution < 1.29 is 14.3 Å². The minimum Gasteiger partial charge on any atom is -0.496 e. The third-order valence-electron chi connectivity index (χ3n) is 6.74. The van der Waals surface area contributed by atoms with E-state index >= 15 is 0 Å². The average Bonchev–Trinajstić information content (AvgIpc) is 3.24. The number of hydrogen-bond acceptors (Lipinski definition) is 7. The summed E-state index contributed by atoms with van der Waals surface area (Å²) in [5.74, 6) is 1.30. The molecule has 0 radical (unpaired) electrons. The van der Waals surface area contributed by atoms with E-state index in [1.165, 1.54) is 16.7 Å². The number of nitrogens with zero attached hydrogens (tertiary/aromatic N) is 4. The molecule has 1 aromatic heterocycles. The monoisotopic (exact) mass is 456 g/mol. The van der Waals surface area contributed by atoms with Gasteiger partial charge in [-0.25, -0.2) is 14.8 Å². The summed E-state index contributed by atoms with van der Waals surface area (Å²) >= 11 is 0. The van der Waals surface area contributed by atoms with Crippen LogP contribution in [0.5, 0.6) is 5.75 Å². The summed E-state index contributed by atoms with van der Waals surface area (Å²) in [6, 6.07) is 9.91. The van der Waals surface area contributed by atoms with Crippen LogP contribution in [0.2, 0.25) is 0 Å². The molecule has 0 amide bonds. The van der Waals surface area contributed by atoms with Crippen molar-refractivity contribution in [2.24, 2.45) is 4.99 Å². The van der Waals surface area contributed by atoms with Gasteiger partial charge in [0.2, 0.25) is 0 Å². The molecule has 2 aliphatic heterocycles. The van der Waals surface area contributed by atoms with Gasteiger partial charge in [-0.1, -0.05) is 6.07 Å². The number of carbonyl (C=O) groups excluding carboxylic acids is 1. The van der Waals surface area contributed by atoms with Gasteiger partial charge in [0.05, 0.1) is 18.4 Å². The number of aromatic nitrogens is 2. The van der Waals surface area contributed by atoms with Gasteiger partial charge >= 0.3 is 5.97 Å². The molecule has 0 aliphatic carbocycles. The summed E-state index contributed by atoms with van der Waals surface area (Å²) in [6.45, 7) is 5.25. The molecule has 2 aliphatic rings. The van der Waals surface area contributed by atoms with Crippen LogP contribution >= 0.6 is 0 Å². The number of rotatable bonds is 6. The van der Waals surface area contributed by atoms with Crippen LogP contribution in [-0.2, 0) is 30.7 Å². The topological polar surface area (TPSA) is 76.9 Å². The Balaban J connectivity index is 1.28. The molecular weight excluding hydrogens is 428 g/mol. The predicted octanol–water partition coefficient (Wildman–Crippen LogP) is 3.78. The fraction of sp³-hybridized carbons (Fsp3) is 0.333. The molecule has 0 atom stereocenters. The van der Waals surface area contributed by atoms with Gasteiger partial charge in [0.25, 0.3) is 0 Å². The Hall–Kier alpha value is -3.58. The second-order valence-electron chi connectivity index (χ2n) is 8.74. The van der Waals surface area contributed by atoms with Crippen molar-refractivity contribution in [3.05, 3.63) is 75.6 Å². The average molecular weight is 457 g/mol. The molecule has 174 valence electrons. The standard InChI is InChI=1S/C27H28N4O3/c1-17-18(4-6-22-23(17)16-34-27(22)32)8-10-31-11-9-24-21(15-31)14-29-26(30-24)19-5-7-25(33-3)20(12-19)13-28-2/h4-7,12-14H,8-11,15-16H2,1-3H3/b28-13+. The van der Waals surface area contributed by atoms with E-state index in [0.29, 0.717) is 12.2 Å². The van der Waals surface area contributed by atoms with Gasteiger partial charge in [0.1, 0.15) is 12.4 Å². The normalized spacial score (nSPS) is 15.3. The Labute approximate surface area is 199 Å². The number of cyclic esters (lactones) is 1. The highest BCUT2D eigenvalue weighted by molar-refractivity contribution is 5.94. The Morgan fingerprint density at radius 3 is 2.97 bits per heavy atom. The Morgan fingerprint density at radius 1 is 1.26 bits per heavy atom. The van der Waals surface area contributed by atoms with Crippen LogP contribution in [0.3, 0.4) is 0 Å². The third-order valence-corrected chi connectivity index (χ3v) is 6.74. The quantitative estimate of drug-likeness (QED) is 0.415. The van der Waals surface area contributed by atoms with Crippen LogP contribution < -0.4 is 4.74 Å². The highest BCUT2D eigenvalue weighted by atomic mass is 16.5. The van der Waals surface area contributed by atoms with E-state index in [0.717, 1.165) is 66.4 Å². The van der Waals surface area contributed by atoms with E-state index in [9.17, 15) is 4.79 Å². The van der Waals surface area contributed by atoms with Crippen LogP contribution in [0, 0.1) is 6.92 Å². The molecule has 3 heterocycles. The fourth-order valence-electron chi connectivity index (χ4n) is 4.77. The lowest BCUT2D eigenvalue weighted by molar-refractivity contribution is 0.0535. The predicted molar refractivity (Wildman–Crippen MR) is 131 cm³/mol. The second-order valence-corrected chi connectivity index (χ2v) is 8.74. The molecule has 0 unspecified atom stereocenters. The molecule has 7 heteroatoms. The molecule has 0 saturated heterocycles. The lowest BCUT2D eigenvalue weighted by Crippen LogP contribution is -2.33. The zero-order valence-corrected chi connectivity index (χ0v) is 19.8. The van der Waals surface area contributed by atoms with Gasteiger partial charge in [-0.2, -0.15) is 0 Å². The van der Waals surface area contributed by atoms with E-state index < -0.39 is 0 Å². The zero-order valence-electron chi connectivity index (χ0n) is 19.8. The molecule has 5 rings (SSSR count). The van der Waals surface area contributed by atoms with E-state index in [-0.39, 0.29) is 5.97 Å². The highest BCUT2D eigenvalue weighted by Crippen LogP contribution is 2.28. The number of esters is 1. The van der Waals surface area contributed by atoms with Crippen molar-refractivity contribution in [1.82, 2.24) is 14.9 Å². The summed E-state index contributed by atoms with van der Waals surface area (Å²) in [4.78, 5) is 27.9. The number of hydrogen-bond donors (Lipinski definition) is 0. The Bertz CT molecular complexity index is 1290. The molecule has 0 N–H and O–H groups in total. The summed E-state index contributed by atoms with van der Waals surface area (Å²) < 4.78 is 10.6. The molecule has 0 saturated carbocycles. The molecule has 0 spiro atoms. The van der Waals surface area contributed by atoms with E-state index in [1.54, 1.807) is 20.4 Å². The number of ether oxygens (including phenoxy) is 2. The molecule has 0 bridgehead atoms. The first-order valence-corrected chi connectivity index (χ1v) is 11.5. The summed E-state index contributed by atoms with van der Waals surface area (Å²) in [5.41, 5.74) is 8.38. The van der Waals surface area contributed by atoms with Crippen LogP contribution in [0.15, 0.2) is 41.5 Å². The summed E-state index contributed by atoms with van der Waals surface area (Å²) in [6.07, 6.45) is 5.59. The molecule has 0 fully saturated rings. The lowest BCUT2D eigenvalue weighted by atomic mass is 9.96. The number of carbonyl (C=O) groups is 1. The molecule has 2 aromatic carbocycles. The van der Waals surface area contributed by atoms with E-state index in [2.05, 4.69) is 27.9 Å². The fourth-order valence-corrected chi connectivity index (χ4v) is 4.77. The summed E-state index contributed by atoms with van der Waals surface area (Å²) in [5, 5.41) is 0. The van der Waals surface area contributed by atoms with Crippen molar-refractivity contribution in [2.75, 3.05) is 27.2 Å². The SMILES string of the molecule is C/N=C/c1cc(-c2ncc3c(n2)CCN(CCc2ccc4c(c2C)COC4=O)C3)ccc1OC. The maximum atomic E-state index is 11.8. The van der Waals surface area contributed by atoms with Gasteiger partial charge in [-0.15, -0.1) is 0 Å². The van der Waals surface area contributed by atoms with Gasteiger partial charge in [0, 0.05) is 67.8 Å². The lowest BCUT2D eigenvalue weighted by Gasteiger charge is -2.28. The van der Waals surface area contributed by atoms with Crippen LogP contribution in [-0.4, -0.2) is 54.3 Å². The van der Waals surface area contributed by atoms with Crippen LogP contribution in [0.25, 0.3) is 11.4 Å². The minimum atomic E-state index is -0.207. The maximum Gasteiger partial charge on any atom is 0.338 e. The second kappa shape index (κ2) is 9.35. The largest absolute Gasteiger partial charge is 0.496 e. The first-order chi connectivity index (χ1) is 16.6. The number of fused-ring (bicyclic) bond motifs is 2. The molecule has 34 heavy (non-hydrogen) atoms. The minimum absolute atomic E-state index is 0.207. The van der Waals surface area contributed by atoms with Crippen molar-refractivity contribution in [2.45, 2.75) is 32.9 Å². The van der Waals surface area contributed by atoms with E-state index in [1.807, 2.05) is 30.5 Å². The van der Waals surface area contributed by atoms with Crippen molar-refractivity contribution in [3.8, 4) is 17.1 Å². The zero-order chi connectivity index (χ0) is 23.7. The van der Waals surface area contributed by atoms with Crippen LogP contribution in [0.1, 0.15) is 43.9 Å². The molecule has 7 nitrogen and oxygen atoms in total. The number of aliphatic imine (C=N–C) groups is 1. The van der Waals surface area contributed by atoms with E-state index in [4.69, 9.17) is 14.5 Å². The van der Waals surface area contributed by atoms with Crippen LogP contribution in [0.4, 0.5) is 0 Å². The van der Waals surface area contributed by atoms with Gasteiger partial charge < -0.3 is 9.47 Å². The Morgan fingerprint density at radius 2 is 2.15 bits per heavy atom. The van der Waals surface area contributed by atoms with Gasteiger partial charge in [-0.3, -0.25) is 9.89 Å².